The third-order valence-electron chi connectivity index (χ3n) is 3.69. The zero-order valence-corrected chi connectivity index (χ0v) is 14.1. The molecule has 0 aliphatic carbocycles. The lowest BCUT2D eigenvalue weighted by Gasteiger charge is -2.21. The first-order valence-corrected chi connectivity index (χ1v) is 9.13. The van der Waals surface area contributed by atoms with E-state index in [1.807, 2.05) is 36.4 Å². The first-order valence-electron chi connectivity index (χ1n) is 7.69. The Kier molecular flexibility index (Phi) is 6.50. The summed E-state index contributed by atoms with van der Waals surface area (Å²) in [6, 6.07) is 18.0. The smallest absolute Gasteiger partial charge is 0.243 e. The third-order valence-corrected chi connectivity index (χ3v) is 5.60. The SMILES string of the molecule is N#CCc1ccc(S(=O)(=O)N(CCO)CCc2ccccc2)cc1. The van der Waals surface area contributed by atoms with Gasteiger partial charge in [0.15, 0.2) is 0 Å². The van der Waals surface area contributed by atoms with Gasteiger partial charge in [-0.3, -0.25) is 0 Å². The number of hydrogen-bond donors (Lipinski definition) is 1. The van der Waals surface area contributed by atoms with E-state index >= 15 is 0 Å². The standard InChI is InChI=1S/C18H20N2O3S/c19-12-10-17-6-8-18(9-7-17)24(22,23)20(14-15-21)13-11-16-4-2-1-3-5-16/h1-9,21H,10-11,13-15H2. The predicted molar refractivity (Wildman–Crippen MR) is 91.7 cm³/mol. The van der Waals surface area contributed by atoms with Crippen LogP contribution in [0.25, 0.3) is 0 Å². The van der Waals surface area contributed by atoms with E-state index in [4.69, 9.17) is 5.26 Å². The van der Waals surface area contributed by atoms with E-state index in [1.54, 1.807) is 12.1 Å². The summed E-state index contributed by atoms with van der Waals surface area (Å²) in [5.41, 5.74) is 1.81. The maximum atomic E-state index is 12.8. The summed E-state index contributed by atoms with van der Waals surface area (Å²) in [6.45, 7) is 0.114. The van der Waals surface area contributed by atoms with Gasteiger partial charge in [-0.25, -0.2) is 8.42 Å². The number of rotatable bonds is 8. The molecule has 5 nitrogen and oxygen atoms in total. The second-order valence-corrected chi connectivity index (χ2v) is 7.28. The monoisotopic (exact) mass is 344 g/mol. The number of aliphatic hydroxyl groups excluding tert-OH is 1. The molecule has 0 aliphatic heterocycles. The minimum absolute atomic E-state index is 0.0507. The molecule has 2 aromatic carbocycles. The fraction of sp³-hybridized carbons (Fsp3) is 0.278. The number of sulfonamides is 1. The minimum atomic E-state index is -3.67. The molecule has 0 radical (unpaired) electrons. The van der Waals surface area contributed by atoms with E-state index in [2.05, 4.69) is 0 Å². The van der Waals surface area contributed by atoms with Crippen molar-refractivity contribution in [3.05, 3.63) is 65.7 Å². The summed E-state index contributed by atoms with van der Waals surface area (Å²) >= 11 is 0. The lowest BCUT2D eigenvalue weighted by molar-refractivity contribution is 0.254. The van der Waals surface area contributed by atoms with Crippen molar-refractivity contribution in [3.8, 4) is 6.07 Å². The Morgan fingerprint density at radius 1 is 0.958 bits per heavy atom. The van der Waals surface area contributed by atoms with Crippen LogP contribution in [0.5, 0.6) is 0 Å². The average molecular weight is 344 g/mol. The van der Waals surface area contributed by atoms with Gasteiger partial charge in [-0.05, 0) is 29.7 Å². The highest BCUT2D eigenvalue weighted by Gasteiger charge is 2.23. The highest BCUT2D eigenvalue weighted by molar-refractivity contribution is 7.89. The molecule has 0 aromatic heterocycles. The van der Waals surface area contributed by atoms with Crippen molar-refractivity contribution in [2.24, 2.45) is 0 Å². The molecule has 2 rings (SSSR count). The van der Waals surface area contributed by atoms with Gasteiger partial charge in [0.2, 0.25) is 10.0 Å². The van der Waals surface area contributed by atoms with E-state index < -0.39 is 10.0 Å². The van der Waals surface area contributed by atoms with Gasteiger partial charge in [0.25, 0.3) is 0 Å². The Labute approximate surface area is 142 Å². The Morgan fingerprint density at radius 3 is 2.21 bits per heavy atom. The predicted octanol–water partition coefficient (Wildman–Crippen LogP) is 1.98. The lowest BCUT2D eigenvalue weighted by atomic mass is 10.1. The van der Waals surface area contributed by atoms with Crippen molar-refractivity contribution in [2.75, 3.05) is 19.7 Å². The van der Waals surface area contributed by atoms with Crippen LogP contribution >= 0.6 is 0 Å². The molecule has 0 bridgehead atoms. The summed E-state index contributed by atoms with van der Waals surface area (Å²) in [6.07, 6.45) is 0.821. The van der Waals surface area contributed by atoms with Gasteiger partial charge in [0, 0.05) is 13.1 Å². The molecule has 24 heavy (non-hydrogen) atoms. The van der Waals surface area contributed by atoms with Crippen molar-refractivity contribution < 1.29 is 13.5 Å². The Balaban J connectivity index is 2.16. The molecular weight excluding hydrogens is 324 g/mol. The van der Waals surface area contributed by atoms with Crippen LogP contribution in [0.15, 0.2) is 59.5 Å². The van der Waals surface area contributed by atoms with Crippen molar-refractivity contribution in [1.82, 2.24) is 4.31 Å². The first kappa shape index (κ1) is 18.1. The van der Waals surface area contributed by atoms with E-state index in [-0.39, 0.29) is 24.5 Å². The maximum Gasteiger partial charge on any atom is 0.243 e. The summed E-state index contributed by atoms with van der Waals surface area (Å²) in [5, 5.41) is 17.9. The molecule has 2 aromatic rings. The van der Waals surface area contributed by atoms with E-state index in [0.29, 0.717) is 13.0 Å². The highest BCUT2D eigenvalue weighted by atomic mass is 32.2. The van der Waals surface area contributed by atoms with Crippen LogP contribution in [0, 0.1) is 11.3 Å². The van der Waals surface area contributed by atoms with Crippen molar-refractivity contribution >= 4 is 10.0 Å². The van der Waals surface area contributed by atoms with Crippen LogP contribution in [-0.4, -0.2) is 37.5 Å². The van der Waals surface area contributed by atoms with Crippen LogP contribution in [0.1, 0.15) is 11.1 Å². The Bertz CT molecular complexity index is 781. The molecule has 0 saturated heterocycles. The van der Waals surface area contributed by atoms with Crippen LogP contribution < -0.4 is 0 Å². The molecule has 0 spiro atoms. The second kappa shape index (κ2) is 8.60. The Hall–Kier alpha value is -2.20. The normalized spacial score (nSPS) is 11.4. The van der Waals surface area contributed by atoms with Crippen molar-refractivity contribution in [1.29, 1.82) is 5.26 Å². The Morgan fingerprint density at radius 2 is 1.62 bits per heavy atom. The maximum absolute atomic E-state index is 12.8. The number of hydrogen-bond acceptors (Lipinski definition) is 4. The van der Waals surface area contributed by atoms with Crippen LogP contribution in [0.3, 0.4) is 0 Å². The zero-order valence-electron chi connectivity index (χ0n) is 13.3. The first-order chi connectivity index (χ1) is 11.6. The van der Waals surface area contributed by atoms with Crippen LogP contribution in [0.4, 0.5) is 0 Å². The third kappa shape index (κ3) is 4.65. The molecule has 1 N–H and O–H groups in total. The molecule has 0 saturated carbocycles. The fourth-order valence-corrected chi connectivity index (χ4v) is 3.81. The van der Waals surface area contributed by atoms with Gasteiger partial charge in [-0.15, -0.1) is 0 Å². The fourth-order valence-electron chi connectivity index (χ4n) is 2.38. The molecule has 6 heteroatoms. The zero-order chi connectivity index (χ0) is 17.4. The van der Waals surface area contributed by atoms with E-state index in [9.17, 15) is 13.5 Å². The van der Waals surface area contributed by atoms with Gasteiger partial charge in [0.05, 0.1) is 24.0 Å². The summed E-state index contributed by atoms with van der Waals surface area (Å²) in [4.78, 5) is 0.172. The van der Waals surface area contributed by atoms with Crippen LogP contribution in [-0.2, 0) is 22.9 Å². The summed E-state index contributed by atoms with van der Waals surface area (Å²) in [7, 11) is -3.67. The largest absolute Gasteiger partial charge is 0.395 e. The average Bonchev–Trinajstić information content (AvgIpc) is 2.60. The topological polar surface area (TPSA) is 81.4 Å². The van der Waals surface area contributed by atoms with Crippen LogP contribution in [0.2, 0.25) is 0 Å². The van der Waals surface area contributed by atoms with Crippen molar-refractivity contribution in [3.63, 3.8) is 0 Å². The van der Waals surface area contributed by atoms with E-state index in [1.165, 1.54) is 16.4 Å². The van der Waals surface area contributed by atoms with Gasteiger partial charge >= 0.3 is 0 Å². The number of benzene rings is 2. The molecule has 0 unspecified atom stereocenters. The minimum Gasteiger partial charge on any atom is -0.395 e. The van der Waals surface area contributed by atoms with Gasteiger partial charge in [-0.1, -0.05) is 42.5 Å². The number of nitriles is 1. The second-order valence-electron chi connectivity index (χ2n) is 5.34. The van der Waals surface area contributed by atoms with Gasteiger partial charge in [-0.2, -0.15) is 9.57 Å². The lowest BCUT2D eigenvalue weighted by Crippen LogP contribution is -2.35. The molecule has 0 aliphatic rings. The molecular formula is C18H20N2O3S. The van der Waals surface area contributed by atoms with Gasteiger partial charge in [0.1, 0.15) is 0 Å². The molecule has 0 atom stereocenters. The quantitative estimate of drug-likeness (QED) is 0.794. The molecule has 0 fully saturated rings. The van der Waals surface area contributed by atoms with E-state index in [0.717, 1.165) is 11.1 Å². The number of nitrogens with zero attached hydrogens (tertiary/aromatic N) is 2. The number of aliphatic hydroxyl groups is 1. The summed E-state index contributed by atoms with van der Waals surface area (Å²) in [5.74, 6) is 0. The molecule has 126 valence electrons. The summed E-state index contributed by atoms with van der Waals surface area (Å²) < 4.78 is 26.8. The van der Waals surface area contributed by atoms with Crippen molar-refractivity contribution in [2.45, 2.75) is 17.7 Å². The molecule has 0 heterocycles. The highest BCUT2D eigenvalue weighted by Crippen LogP contribution is 2.17. The van der Waals surface area contributed by atoms with Gasteiger partial charge < -0.3 is 5.11 Å². The molecule has 0 amide bonds.